The van der Waals surface area contributed by atoms with Gasteiger partial charge in [-0.1, -0.05) is 0 Å². The van der Waals surface area contributed by atoms with Crippen molar-refractivity contribution in [3.63, 3.8) is 0 Å². The smallest absolute Gasteiger partial charge is 0.306 e. The molecule has 4 heteroatoms. The molecule has 0 radical (unpaired) electrons. The van der Waals surface area contributed by atoms with Crippen molar-refractivity contribution in [2.24, 2.45) is 7.05 Å². The van der Waals surface area contributed by atoms with Crippen molar-refractivity contribution in [3.8, 4) is 0 Å². The maximum absolute atomic E-state index is 11.3. The minimum atomic E-state index is -0.224. The molecule has 0 saturated heterocycles. The van der Waals surface area contributed by atoms with Gasteiger partial charge in [-0.3, -0.25) is 9.59 Å². The van der Waals surface area contributed by atoms with Gasteiger partial charge in [0.15, 0.2) is 0 Å². The minimum Gasteiger partial charge on any atom is -0.466 e. The zero-order chi connectivity index (χ0) is 11.3. The van der Waals surface area contributed by atoms with E-state index in [9.17, 15) is 9.59 Å². The fourth-order valence-electron chi connectivity index (χ4n) is 1.22. The van der Waals surface area contributed by atoms with Gasteiger partial charge in [-0.2, -0.15) is 0 Å². The van der Waals surface area contributed by atoms with Crippen molar-refractivity contribution < 1.29 is 9.53 Å². The van der Waals surface area contributed by atoms with Crippen molar-refractivity contribution in [3.05, 3.63) is 34.2 Å². The number of nitrogens with zero attached hydrogens (tertiary/aromatic N) is 1. The maximum Gasteiger partial charge on any atom is 0.306 e. The first-order valence-electron chi connectivity index (χ1n) is 4.94. The molecular weight excluding hydrogens is 194 g/mol. The molecule has 1 aromatic rings. The monoisotopic (exact) mass is 209 g/mol. The molecular formula is C11H15NO3. The zero-order valence-electron chi connectivity index (χ0n) is 9.03. The lowest BCUT2D eigenvalue weighted by Gasteiger charge is -2.02. The average Bonchev–Trinajstić information content (AvgIpc) is 2.20. The predicted octanol–water partition coefficient (Wildman–Crippen LogP) is 0.881. The number of carbonyl (C=O) groups is 1. The number of hydrogen-bond donors (Lipinski definition) is 0. The van der Waals surface area contributed by atoms with E-state index in [2.05, 4.69) is 0 Å². The molecule has 0 bridgehead atoms. The van der Waals surface area contributed by atoms with E-state index in [0.717, 1.165) is 5.56 Å². The number of aryl methyl sites for hydroxylation is 2. The van der Waals surface area contributed by atoms with Crippen LogP contribution in [0.1, 0.15) is 18.9 Å². The van der Waals surface area contributed by atoms with E-state index in [1.54, 1.807) is 26.2 Å². The Bertz CT molecular complexity index is 395. The van der Waals surface area contributed by atoms with Crippen LogP contribution in [-0.4, -0.2) is 17.1 Å². The van der Waals surface area contributed by atoms with Crippen LogP contribution in [0.15, 0.2) is 23.1 Å². The molecule has 0 fully saturated rings. The van der Waals surface area contributed by atoms with Crippen LogP contribution in [0.25, 0.3) is 0 Å². The van der Waals surface area contributed by atoms with E-state index in [-0.39, 0.29) is 11.5 Å². The highest BCUT2D eigenvalue weighted by Gasteiger charge is 2.03. The first-order chi connectivity index (χ1) is 7.13. The predicted molar refractivity (Wildman–Crippen MR) is 56.6 cm³/mol. The van der Waals surface area contributed by atoms with Gasteiger partial charge in [0.25, 0.3) is 5.56 Å². The fraction of sp³-hybridized carbons (Fsp3) is 0.455. The standard InChI is InChI=1S/C11H15NO3/c1-3-15-11(14)5-4-9-6-7-12(2)10(13)8-9/h6-8H,3-5H2,1-2H3. The number of esters is 1. The molecule has 0 amide bonds. The molecule has 15 heavy (non-hydrogen) atoms. The van der Waals surface area contributed by atoms with Gasteiger partial charge in [0.1, 0.15) is 0 Å². The Kier molecular flexibility index (Phi) is 4.09. The molecule has 0 aliphatic rings. The van der Waals surface area contributed by atoms with Crippen molar-refractivity contribution in [2.45, 2.75) is 19.8 Å². The summed E-state index contributed by atoms with van der Waals surface area (Å²) in [5.74, 6) is -0.224. The molecule has 0 aliphatic heterocycles. The summed E-state index contributed by atoms with van der Waals surface area (Å²) in [5, 5.41) is 0. The summed E-state index contributed by atoms with van der Waals surface area (Å²) < 4.78 is 6.29. The minimum absolute atomic E-state index is 0.0589. The molecule has 0 aliphatic carbocycles. The van der Waals surface area contributed by atoms with Crippen molar-refractivity contribution in [1.29, 1.82) is 0 Å². The second kappa shape index (κ2) is 5.34. The van der Waals surface area contributed by atoms with Gasteiger partial charge in [0.2, 0.25) is 0 Å². The molecule has 1 heterocycles. The van der Waals surface area contributed by atoms with Crippen LogP contribution < -0.4 is 5.56 Å². The lowest BCUT2D eigenvalue weighted by Crippen LogP contribution is -2.15. The largest absolute Gasteiger partial charge is 0.466 e. The zero-order valence-corrected chi connectivity index (χ0v) is 9.03. The van der Waals surface area contributed by atoms with Crippen molar-refractivity contribution in [2.75, 3.05) is 6.61 Å². The summed E-state index contributed by atoms with van der Waals surface area (Å²) in [4.78, 5) is 22.3. The van der Waals surface area contributed by atoms with Gasteiger partial charge < -0.3 is 9.30 Å². The summed E-state index contributed by atoms with van der Waals surface area (Å²) >= 11 is 0. The number of pyridine rings is 1. The van der Waals surface area contributed by atoms with Crippen molar-refractivity contribution >= 4 is 5.97 Å². The summed E-state index contributed by atoms with van der Waals surface area (Å²) in [6, 6.07) is 3.37. The lowest BCUT2D eigenvalue weighted by atomic mass is 10.1. The Hall–Kier alpha value is -1.58. The summed E-state index contributed by atoms with van der Waals surface area (Å²) in [6.45, 7) is 2.17. The van der Waals surface area contributed by atoms with Gasteiger partial charge in [0, 0.05) is 25.7 Å². The number of aromatic nitrogens is 1. The van der Waals surface area contributed by atoms with E-state index in [0.29, 0.717) is 19.4 Å². The molecule has 1 aromatic heterocycles. The Morgan fingerprint density at radius 3 is 2.87 bits per heavy atom. The first-order valence-corrected chi connectivity index (χ1v) is 4.94. The Morgan fingerprint density at radius 1 is 1.53 bits per heavy atom. The normalized spacial score (nSPS) is 10.0. The van der Waals surface area contributed by atoms with E-state index in [1.165, 1.54) is 4.57 Å². The van der Waals surface area contributed by atoms with E-state index in [4.69, 9.17) is 4.74 Å². The van der Waals surface area contributed by atoms with Gasteiger partial charge in [-0.15, -0.1) is 0 Å². The highest BCUT2D eigenvalue weighted by Crippen LogP contribution is 2.00. The highest BCUT2D eigenvalue weighted by atomic mass is 16.5. The summed E-state index contributed by atoms with van der Waals surface area (Å²) in [5.41, 5.74) is 0.808. The third kappa shape index (κ3) is 3.58. The Balaban J connectivity index is 2.55. The summed E-state index contributed by atoms with van der Waals surface area (Å²) in [7, 11) is 1.69. The molecule has 0 aromatic carbocycles. The second-order valence-corrected chi connectivity index (χ2v) is 3.29. The average molecular weight is 209 g/mol. The van der Waals surface area contributed by atoms with E-state index < -0.39 is 0 Å². The quantitative estimate of drug-likeness (QED) is 0.692. The van der Waals surface area contributed by atoms with Crippen LogP contribution >= 0.6 is 0 Å². The second-order valence-electron chi connectivity index (χ2n) is 3.29. The van der Waals surface area contributed by atoms with Gasteiger partial charge in [0.05, 0.1) is 6.61 Å². The number of ether oxygens (including phenoxy) is 1. The van der Waals surface area contributed by atoms with Crippen LogP contribution in [0.5, 0.6) is 0 Å². The van der Waals surface area contributed by atoms with Crippen LogP contribution in [0.4, 0.5) is 0 Å². The van der Waals surface area contributed by atoms with Crippen LogP contribution in [-0.2, 0) is 23.0 Å². The lowest BCUT2D eigenvalue weighted by molar-refractivity contribution is -0.143. The van der Waals surface area contributed by atoms with E-state index in [1.807, 2.05) is 6.07 Å². The van der Waals surface area contributed by atoms with Gasteiger partial charge in [-0.05, 0) is 25.0 Å². The SMILES string of the molecule is CCOC(=O)CCc1ccn(C)c(=O)c1. The van der Waals surface area contributed by atoms with E-state index >= 15 is 0 Å². The molecule has 0 unspecified atom stereocenters. The molecule has 0 spiro atoms. The molecule has 0 atom stereocenters. The first kappa shape index (κ1) is 11.5. The molecule has 4 nitrogen and oxygen atoms in total. The highest BCUT2D eigenvalue weighted by molar-refractivity contribution is 5.69. The number of hydrogen-bond acceptors (Lipinski definition) is 3. The Labute approximate surface area is 88.5 Å². The third-order valence-electron chi connectivity index (χ3n) is 2.09. The van der Waals surface area contributed by atoms with Crippen molar-refractivity contribution in [1.82, 2.24) is 4.57 Å². The number of carbonyl (C=O) groups excluding carboxylic acids is 1. The van der Waals surface area contributed by atoms with Crippen LogP contribution in [0, 0.1) is 0 Å². The molecule has 82 valence electrons. The molecule has 0 N–H and O–H groups in total. The molecule has 1 rings (SSSR count). The Morgan fingerprint density at radius 2 is 2.27 bits per heavy atom. The van der Waals surface area contributed by atoms with Gasteiger partial charge in [-0.25, -0.2) is 0 Å². The van der Waals surface area contributed by atoms with Crippen LogP contribution in [0.3, 0.4) is 0 Å². The van der Waals surface area contributed by atoms with Gasteiger partial charge >= 0.3 is 5.97 Å². The molecule has 0 saturated carbocycles. The number of rotatable bonds is 4. The maximum atomic E-state index is 11.3. The fourth-order valence-corrected chi connectivity index (χ4v) is 1.22. The van der Waals surface area contributed by atoms with Crippen LogP contribution in [0.2, 0.25) is 0 Å². The summed E-state index contributed by atoms with van der Waals surface area (Å²) in [6.07, 6.45) is 2.57. The third-order valence-corrected chi connectivity index (χ3v) is 2.09. The topological polar surface area (TPSA) is 48.3 Å².